The van der Waals surface area contributed by atoms with Crippen LogP contribution in [0.4, 0.5) is 0 Å². The van der Waals surface area contributed by atoms with Crippen LogP contribution in [-0.2, 0) is 32.7 Å². The minimum absolute atomic E-state index is 0.0320. The predicted molar refractivity (Wildman–Crippen MR) is 222 cm³/mol. The Morgan fingerprint density at radius 2 is 1.02 bits per heavy atom. The molecule has 54 heavy (non-hydrogen) atoms. The van der Waals surface area contributed by atoms with Crippen molar-refractivity contribution in [3.05, 3.63) is 24.3 Å². The van der Waals surface area contributed by atoms with E-state index in [0.717, 1.165) is 64.2 Å². The van der Waals surface area contributed by atoms with Gasteiger partial charge in [-0.2, -0.15) is 0 Å². The second-order valence-corrected chi connectivity index (χ2v) is 17.5. The second kappa shape index (κ2) is 37.1. The van der Waals surface area contributed by atoms with Crippen LogP contribution in [0.25, 0.3) is 0 Å². The molecule has 0 bridgehead atoms. The lowest BCUT2D eigenvalue weighted by Crippen LogP contribution is -2.37. The normalized spacial score (nSPS) is 13.8. The zero-order valence-corrected chi connectivity index (χ0v) is 36.6. The molecular formula is C44H84NO8P. The molecule has 0 N–H and O–H groups in total. The number of likely N-dealkylation sites (N-methyl/N-ethyl adjacent to an activating group) is 1. The fourth-order valence-electron chi connectivity index (χ4n) is 5.97. The zero-order chi connectivity index (χ0) is 40.0. The van der Waals surface area contributed by atoms with Crippen LogP contribution in [0.1, 0.15) is 194 Å². The molecule has 0 rings (SSSR count). The number of carbonyl (C=O) groups is 2. The number of nitrogens with zero attached hydrogens (tertiary/aromatic N) is 1. The number of rotatable bonds is 40. The van der Waals surface area contributed by atoms with Crippen LogP contribution in [-0.4, -0.2) is 70.0 Å². The van der Waals surface area contributed by atoms with Gasteiger partial charge in [-0.25, -0.2) is 0 Å². The number of ether oxygens (including phenoxy) is 2. The Kier molecular flexibility index (Phi) is 36.1. The number of phosphoric acid groups is 1. The summed E-state index contributed by atoms with van der Waals surface area (Å²) < 4.78 is 33.9. The van der Waals surface area contributed by atoms with Crippen molar-refractivity contribution in [2.75, 3.05) is 47.5 Å². The summed E-state index contributed by atoms with van der Waals surface area (Å²) in [6, 6.07) is 0. The Labute approximate surface area is 332 Å². The fourth-order valence-corrected chi connectivity index (χ4v) is 6.69. The van der Waals surface area contributed by atoms with Gasteiger partial charge < -0.3 is 27.9 Å². The summed E-state index contributed by atoms with van der Waals surface area (Å²) in [6.45, 7) is 4.18. The van der Waals surface area contributed by atoms with Crippen molar-refractivity contribution in [1.29, 1.82) is 0 Å². The average molecular weight is 786 g/mol. The van der Waals surface area contributed by atoms with Gasteiger partial charge in [-0.15, -0.1) is 0 Å². The summed E-state index contributed by atoms with van der Waals surface area (Å²) in [4.78, 5) is 37.5. The molecule has 0 aromatic rings. The number of hydrogen-bond donors (Lipinski definition) is 0. The summed E-state index contributed by atoms with van der Waals surface area (Å²) in [5.41, 5.74) is 0. The first kappa shape index (κ1) is 52.5. The lowest BCUT2D eigenvalue weighted by atomic mass is 10.0. The molecule has 0 aliphatic heterocycles. The summed E-state index contributed by atoms with van der Waals surface area (Å²) >= 11 is 0. The van der Waals surface area contributed by atoms with Crippen molar-refractivity contribution in [1.82, 2.24) is 0 Å². The van der Waals surface area contributed by atoms with Crippen molar-refractivity contribution >= 4 is 19.8 Å². The highest BCUT2D eigenvalue weighted by Gasteiger charge is 2.21. The molecule has 0 aliphatic rings. The van der Waals surface area contributed by atoms with Gasteiger partial charge in [0.05, 0.1) is 27.7 Å². The molecular weight excluding hydrogens is 701 g/mol. The third-order valence-corrected chi connectivity index (χ3v) is 10.4. The molecule has 0 aromatic carbocycles. The van der Waals surface area contributed by atoms with Gasteiger partial charge >= 0.3 is 11.9 Å². The number of unbranched alkanes of at least 4 members (excludes halogenated alkanes) is 22. The number of carbonyl (C=O) groups excluding carboxylic acids is 2. The first-order valence-electron chi connectivity index (χ1n) is 22.0. The third-order valence-electron chi connectivity index (χ3n) is 9.47. The number of phosphoric ester groups is 1. The van der Waals surface area contributed by atoms with Crippen molar-refractivity contribution in [3.63, 3.8) is 0 Å². The van der Waals surface area contributed by atoms with Crippen molar-refractivity contribution in [2.45, 2.75) is 200 Å². The lowest BCUT2D eigenvalue weighted by molar-refractivity contribution is -0.870. The van der Waals surface area contributed by atoms with Crippen LogP contribution in [0.5, 0.6) is 0 Å². The number of allylic oxidation sites excluding steroid dienone is 4. The van der Waals surface area contributed by atoms with Gasteiger partial charge in [0.1, 0.15) is 19.8 Å². The number of esters is 2. The quantitative estimate of drug-likeness (QED) is 0.0198. The number of hydrogen-bond acceptors (Lipinski definition) is 8. The van der Waals surface area contributed by atoms with Crippen LogP contribution >= 0.6 is 7.82 Å². The van der Waals surface area contributed by atoms with E-state index in [4.69, 9.17) is 18.5 Å². The van der Waals surface area contributed by atoms with Gasteiger partial charge in [0, 0.05) is 12.8 Å². The first-order chi connectivity index (χ1) is 26.0. The van der Waals surface area contributed by atoms with Gasteiger partial charge in [-0.1, -0.05) is 167 Å². The maximum absolute atomic E-state index is 12.6. The average Bonchev–Trinajstić information content (AvgIpc) is 3.12. The van der Waals surface area contributed by atoms with Crippen LogP contribution in [0.2, 0.25) is 0 Å². The molecule has 0 saturated carbocycles. The monoisotopic (exact) mass is 786 g/mol. The molecule has 10 heteroatoms. The first-order valence-corrected chi connectivity index (χ1v) is 23.5. The van der Waals surface area contributed by atoms with Crippen LogP contribution < -0.4 is 4.89 Å². The smallest absolute Gasteiger partial charge is 0.306 e. The van der Waals surface area contributed by atoms with Gasteiger partial charge in [-0.05, 0) is 38.5 Å². The molecule has 0 amide bonds. The molecule has 2 atom stereocenters. The van der Waals surface area contributed by atoms with E-state index in [1.54, 1.807) is 0 Å². The SMILES string of the molecule is CCCC/C=C\C/C=C\CCCCCCCC(=O)OC(COC(=O)CCCCCCCCCCCCCCCCCC)COP(=O)([O-])OCC[N+](C)(C)C. The zero-order valence-electron chi connectivity index (χ0n) is 35.7. The highest BCUT2D eigenvalue weighted by atomic mass is 31.2. The van der Waals surface area contributed by atoms with E-state index in [2.05, 4.69) is 38.2 Å². The Balaban J connectivity index is 4.35. The molecule has 9 nitrogen and oxygen atoms in total. The second-order valence-electron chi connectivity index (χ2n) is 16.1. The number of quaternary nitrogens is 1. The predicted octanol–water partition coefficient (Wildman–Crippen LogP) is 11.7. The van der Waals surface area contributed by atoms with E-state index in [0.29, 0.717) is 17.4 Å². The largest absolute Gasteiger partial charge is 0.756 e. The molecule has 0 aromatic heterocycles. The molecule has 0 radical (unpaired) electrons. The highest BCUT2D eigenvalue weighted by molar-refractivity contribution is 7.45. The Morgan fingerprint density at radius 1 is 0.574 bits per heavy atom. The van der Waals surface area contributed by atoms with E-state index < -0.39 is 26.5 Å². The van der Waals surface area contributed by atoms with E-state index in [-0.39, 0.29) is 32.0 Å². The molecule has 318 valence electrons. The van der Waals surface area contributed by atoms with E-state index in [1.807, 2.05) is 21.1 Å². The van der Waals surface area contributed by atoms with Crippen molar-refractivity contribution in [3.8, 4) is 0 Å². The Hall–Kier alpha value is -1.51. The third kappa shape index (κ3) is 40.2. The van der Waals surface area contributed by atoms with Crippen LogP contribution in [0.3, 0.4) is 0 Å². The minimum Gasteiger partial charge on any atom is -0.756 e. The van der Waals surface area contributed by atoms with Gasteiger partial charge in [0.2, 0.25) is 0 Å². The minimum atomic E-state index is -4.62. The van der Waals surface area contributed by atoms with E-state index in [9.17, 15) is 19.0 Å². The van der Waals surface area contributed by atoms with Crippen LogP contribution in [0.15, 0.2) is 24.3 Å². The summed E-state index contributed by atoms with van der Waals surface area (Å²) in [5.74, 6) is -0.844. The molecule has 0 aliphatic carbocycles. The van der Waals surface area contributed by atoms with Crippen molar-refractivity contribution in [2.24, 2.45) is 0 Å². The lowest BCUT2D eigenvalue weighted by Gasteiger charge is -2.28. The van der Waals surface area contributed by atoms with Crippen LogP contribution in [0, 0.1) is 0 Å². The van der Waals surface area contributed by atoms with Gasteiger partial charge in [0.25, 0.3) is 7.82 Å². The Morgan fingerprint density at radius 3 is 1.52 bits per heavy atom. The maximum Gasteiger partial charge on any atom is 0.306 e. The summed E-state index contributed by atoms with van der Waals surface area (Å²) in [5, 5.41) is 0. The molecule has 0 fully saturated rings. The van der Waals surface area contributed by atoms with E-state index in [1.165, 1.54) is 96.3 Å². The van der Waals surface area contributed by atoms with Gasteiger partial charge in [0.15, 0.2) is 6.10 Å². The molecule has 2 unspecified atom stereocenters. The topological polar surface area (TPSA) is 111 Å². The molecule has 0 spiro atoms. The molecule has 0 saturated heterocycles. The standard InChI is InChI=1S/C44H84NO8P/c1-6-8-10-12-14-16-18-20-22-23-25-26-28-30-32-34-36-43(46)50-40-42(41-52-54(48,49)51-39-38-45(3,4)5)53-44(47)37-35-33-31-29-27-24-21-19-17-15-13-11-9-7-2/h13,15,19,21,42H,6-12,14,16-18,20,22-41H2,1-5H3/b15-13-,21-19-. The summed E-state index contributed by atoms with van der Waals surface area (Å²) in [6.07, 6.45) is 39.1. The fraction of sp³-hybridized carbons (Fsp3) is 0.864. The van der Waals surface area contributed by atoms with Gasteiger partial charge in [-0.3, -0.25) is 14.2 Å². The van der Waals surface area contributed by atoms with Crippen molar-refractivity contribution < 1.29 is 42.1 Å². The Bertz CT molecular complexity index is 980. The summed E-state index contributed by atoms with van der Waals surface area (Å²) in [7, 11) is 1.16. The highest BCUT2D eigenvalue weighted by Crippen LogP contribution is 2.38. The van der Waals surface area contributed by atoms with E-state index >= 15 is 0 Å². The molecule has 0 heterocycles. The maximum atomic E-state index is 12.6.